The molecule has 0 aromatic carbocycles. The quantitative estimate of drug-likeness (QED) is 0.839. The minimum atomic E-state index is -0.425. The van der Waals surface area contributed by atoms with Crippen LogP contribution in [0.4, 0.5) is 0 Å². The molecule has 0 bridgehead atoms. The third kappa shape index (κ3) is 3.48. The highest BCUT2D eigenvalue weighted by atomic mass is 35.5. The number of carbonyl (C=O) groups excluding carboxylic acids is 1. The van der Waals surface area contributed by atoms with Crippen molar-refractivity contribution in [3.63, 3.8) is 0 Å². The maximum Gasteiger partial charge on any atom is 0.373 e. The van der Waals surface area contributed by atoms with Crippen molar-refractivity contribution in [1.29, 1.82) is 0 Å². The standard InChI is InChI=1S/C12H18N2O3.ClH/c1-13-9-5-6-14(7-9)8-10-3-4-11(17-10)12(15)16-2;/h3-4,9,13H,5-8H2,1-2H3;1H. The molecule has 0 amide bonds. The summed E-state index contributed by atoms with van der Waals surface area (Å²) < 4.78 is 10.0. The minimum Gasteiger partial charge on any atom is -0.463 e. The lowest BCUT2D eigenvalue weighted by Crippen LogP contribution is -2.29. The highest BCUT2D eigenvalue weighted by Crippen LogP contribution is 2.15. The van der Waals surface area contributed by atoms with E-state index >= 15 is 0 Å². The molecule has 1 atom stereocenters. The van der Waals surface area contributed by atoms with Crippen LogP contribution in [0.3, 0.4) is 0 Å². The summed E-state index contributed by atoms with van der Waals surface area (Å²) in [4.78, 5) is 13.5. The van der Waals surface area contributed by atoms with Crippen LogP contribution in [0, 0.1) is 0 Å². The van der Waals surface area contributed by atoms with Gasteiger partial charge in [0.15, 0.2) is 0 Å². The van der Waals surface area contributed by atoms with Crippen LogP contribution in [0.5, 0.6) is 0 Å². The Morgan fingerprint density at radius 1 is 1.61 bits per heavy atom. The van der Waals surface area contributed by atoms with Crippen molar-refractivity contribution in [3.8, 4) is 0 Å². The van der Waals surface area contributed by atoms with E-state index in [-0.39, 0.29) is 18.2 Å². The third-order valence-corrected chi connectivity index (χ3v) is 3.11. The number of halogens is 1. The zero-order chi connectivity index (χ0) is 12.3. The van der Waals surface area contributed by atoms with Gasteiger partial charge in [-0.2, -0.15) is 0 Å². The third-order valence-electron chi connectivity index (χ3n) is 3.11. The van der Waals surface area contributed by atoms with E-state index in [1.807, 2.05) is 13.1 Å². The van der Waals surface area contributed by atoms with Crippen molar-refractivity contribution in [2.75, 3.05) is 27.2 Å². The Morgan fingerprint density at radius 3 is 3.00 bits per heavy atom. The summed E-state index contributed by atoms with van der Waals surface area (Å²) in [6, 6.07) is 4.05. The molecule has 18 heavy (non-hydrogen) atoms. The number of esters is 1. The van der Waals surface area contributed by atoms with Crippen molar-refractivity contribution in [1.82, 2.24) is 10.2 Å². The Bertz CT molecular complexity index is 394. The van der Waals surface area contributed by atoms with Gasteiger partial charge in [-0.05, 0) is 25.6 Å². The summed E-state index contributed by atoms with van der Waals surface area (Å²) in [5, 5.41) is 3.27. The molecule has 1 fully saturated rings. The Labute approximate surface area is 113 Å². The number of furan rings is 1. The first-order chi connectivity index (χ1) is 8.22. The number of methoxy groups -OCH3 is 1. The molecule has 0 aliphatic carbocycles. The lowest BCUT2D eigenvalue weighted by molar-refractivity contribution is 0.0561. The largest absolute Gasteiger partial charge is 0.463 e. The van der Waals surface area contributed by atoms with Gasteiger partial charge in [0.25, 0.3) is 0 Å². The van der Waals surface area contributed by atoms with E-state index < -0.39 is 5.97 Å². The van der Waals surface area contributed by atoms with Crippen LogP contribution in [0.2, 0.25) is 0 Å². The van der Waals surface area contributed by atoms with Crippen LogP contribution in [0.15, 0.2) is 16.5 Å². The zero-order valence-corrected chi connectivity index (χ0v) is 11.5. The van der Waals surface area contributed by atoms with Gasteiger partial charge in [-0.1, -0.05) is 0 Å². The molecular weight excluding hydrogens is 256 g/mol. The molecule has 1 aromatic heterocycles. The summed E-state index contributed by atoms with van der Waals surface area (Å²) in [6.45, 7) is 2.82. The molecule has 1 aliphatic heterocycles. The van der Waals surface area contributed by atoms with Crippen LogP contribution in [0.25, 0.3) is 0 Å². The number of carbonyl (C=O) groups is 1. The van der Waals surface area contributed by atoms with E-state index in [1.54, 1.807) is 6.07 Å². The molecule has 5 nitrogen and oxygen atoms in total. The van der Waals surface area contributed by atoms with Crippen LogP contribution >= 0.6 is 12.4 Å². The molecule has 6 heteroatoms. The van der Waals surface area contributed by atoms with Crippen LogP contribution < -0.4 is 5.32 Å². The Hall–Kier alpha value is -1.04. The van der Waals surface area contributed by atoms with Gasteiger partial charge in [-0.15, -0.1) is 12.4 Å². The van der Waals surface area contributed by atoms with Gasteiger partial charge in [0.2, 0.25) is 5.76 Å². The summed E-state index contributed by atoms with van der Waals surface area (Å²) in [5.41, 5.74) is 0. The highest BCUT2D eigenvalue weighted by molar-refractivity contribution is 5.86. The summed E-state index contributed by atoms with van der Waals surface area (Å²) in [6.07, 6.45) is 1.15. The maximum atomic E-state index is 11.2. The molecule has 1 unspecified atom stereocenters. The molecule has 102 valence electrons. The molecule has 0 saturated carbocycles. The van der Waals surface area contributed by atoms with E-state index in [4.69, 9.17) is 4.42 Å². The van der Waals surface area contributed by atoms with E-state index in [1.165, 1.54) is 7.11 Å². The topological polar surface area (TPSA) is 54.7 Å². The Kier molecular flexibility index (Phi) is 5.65. The number of ether oxygens (including phenoxy) is 1. The van der Waals surface area contributed by atoms with Gasteiger partial charge < -0.3 is 14.5 Å². The number of hydrogen-bond acceptors (Lipinski definition) is 5. The summed E-state index contributed by atoms with van der Waals surface area (Å²) >= 11 is 0. The van der Waals surface area contributed by atoms with Crippen molar-refractivity contribution >= 4 is 18.4 Å². The number of likely N-dealkylation sites (tertiary alicyclic amines) is 1. The summed E-state index contributed by atoms with van der Waals surface area (Å²) in [5.74, 6) is 0.653. The van der Waals surface area contributed by atoms with Gasteiger partial charge in [-0.3, -0.25) is 4.90 Å². The van der Waals surface area contributed by atoms with Crippen molar-refractivity contribution in [2.45, 2.75) is 19.0 Å². The number of hydrogen-bond donors (Lipinski definition) is 1. The van der Waals surface area contributed by atoms with Gasteiger partial charge >= 0.3 is 5.97 Å². The number of nitrogens with zero attached hydrogens (tertiary/aromatic N) is 1. The zero-order valence-electron chi connectivity index (χ0n) is 10.6. The van der Waals surface area contributed by atoms with Crippen LogP contribution in [-0.2, 0) is 11.3 Å². The number of likely N-dealkylation sites (N-methyl/N-ethyl adjacent to an activating group) is 1. The van der Waals surface area contributed by atoms with Crippen molar-refractivity contribution in [3.05, 3.63) is 23.7 Å². The lowest BCUT2D eigenvalue weighted by atomic mass is 10.3. The fourth-order valence-corrected chi connectivity index (χ4v) is 2.11. The van der Waals surface area contributed by atoms with Crippen molar-refractivity contribution in [2.24, 2.45) is 0 Å². The smallest absolute Gasteiger partial charge is 0.373 e. The minimum absolute atomic E-state index is 0. The van der Waals surface area contributed by atoms with E-state index in [9.17, 15) is 4.79 Å². The second-order valence-corrected chi connectivity index (χ2v) is 4.27. The summed E-state index contributed by atoms with van der Waals surface area (Å²) in [7, 11) is 3.33. The predicted octanol–water partition coefficient (Wildman–Crippen LogP) is 1.28. The highest BCUT2D eigenvalue weighted by Gasteiger charge is 2.22. The average molecular weight is 275 g/mol. The second kappa shape index (κ2) is 6.78. The average Bonchev–Trinajstić information content (AvgIpc) is 2.97. The molecule has 0 spiro atoms. The fraction of sp³-hybridized carbons (Fsp3) is 0.583. The van der Waals surface area contributed by atoms with Gasteiger partial charge in [-0.25, -0.2) is 4.79 Å². The first-order valence-electron chi connectivity index (χ1n) is 5.79. The Balaban J connectivity index is 0.00000162. The van der Waals surface area contributed by atoms with Crippen molar-refractivity contribution < 1.29 is 13.9 Å². The van der Waals surface area contributed by atoms with Crippen LogP contribution in [-0.4, -0.2) is 44.2 Å². The number of nitrogens with one attached hydrogen (secondary N) is 1. The second-order valence-electron chi connectivity index (χ2n) is 4.27. The molecule has 2 heterocycles. The van der Waals surface area contributed by atoms with E-state index in [0.29, 0.717) is 6.04 Å². The van der Waals surface area contributed by atoms with Gasteiger partial charge in [0.05, 0.1) is 13.7 Å². The molecule has 1 saturated heterocycles. The van der Waals surface area contributed by atoms with E-state index in [0.717, 1.165) is 31.8 Å². The van der Waals surface area contributed by atoms with Gasteiger partial charge in [0, 0.05) is 19.1 Å². The number of rotatable bonds is 4. The molecule has 1 aliphatic rings. The predicted molar refractivity (Wildman–Crippen MR) is 70.0 cm³/mol. The van der Waals surface area contributed by atoms with E-state index in [2.05, 4.69) is 15.0 Å². The lowest BCUT2D eigenvalue weighted by Gasteiger charge is -2.13. The first-order valence-corrected chi connectivity index (χ1v) is 5.79. The monoisotopic (exact) mass is 274 g/mol. The van der Waals surface area contributed by atoms with Gasteiger partial charge in [0.1, 0.15) is 5.76 Å². The first kappa shape index (κ1) is 15.0. The molecule has 2 rings (SSSR count). The molecular formula is C12H19ClN2O3. The molecule has 0 radical (unpaired) electrons. The van der Waals surface area contributed by atoms with Crippen LogP contribution in [0.1, 0.15) is 22.7 Å². The molecule has 1 aromatic rings. The SMILES string of the molecule is CNC1CCN(Cc2ccc(C(=O)OC)o2)C1.Cl. The molecule has 1 N–H and O–H groups in total. The normalized spacial score (nSPS) is 19.6. The fourth-order valence-electron chi connectivity index (χ4n) is 2.11. The Morgan fingerprint density at radius 2 is 2.39 bits per heavy atom. The maximum absolute atomic E-state index is 11.2.